The average molecular weight is 338 g/mol. The number of tetrazole rings is 1. The fraction of sp³-hybridized carbons (Fsp3) is 0.188. The minimum absolute atomic E-state index is 0.0297. The van der Waals surface area contributed by atoms with Gasteiger partial charge in [-0.1, -0.05) is 0 Å². The largest absolute Gasteiger partial charge is 0.459 e. The quantitative estimate of drug-likeness (QED) is 0.726. The van der Waals surface area contributed by atoms with Crippen LogP contribution in [0.5, 0.6) is 0 Å². The monoisotopic (exact) mass is 338 g/mol. The van der Waals surface area contributed by atoms with Gasteiger partial charge in [-0.3, -0.25) is 9.59 Å². The van der Waals surface area contributed by atoms with Crippen LogP contribution in [0.2, 0.25) is 0 Å². The van der Waals surface area contributed by atoms with Gasteiger partial charge in [0.25, 0.3) is 17.6 Å². The summed E-state index contributed by atoms with van der Waals surface area (Å²) in [5.41, 5.74) is 1.21. The number of nitrogens with zero attached hydrogens (tertiary/aromatic N) is 4. The summed E-state index contributed by atoms with van der Waals surface area (Å²) in [5.74, 6) is -0.401. The number of hydrogen-bond donors (Lipinski definition) is 2. The molecule has 1 saturated carbocycles. The van der Waals surface area contributed by atoms with Gasteiger partial charge in [0.05, 0.1) is 12.0 Å². The summed E-state index contributed by atoms with van der Waals surface area (Å²) < 4.78 is 5.04. The van der Waals surface area contributed by atoms with Crippen LogP contribution >= 0.6 is 0 Å². The molecule has 2 aromatic heterocycles. The zero-order valence-electron chi connectivity index (χ0n) is 13.0. The van der Waals surface area contributed by atoms with E-state index in [0.717, 1.165) is 12.8 Å². The number of rotatable bonds is 5. The first kappa shape index (κ1) is 15.1. The van der Waals surface area contributed by atoms with Gasteiger partial charge in [0.15, 0.2) is 5.76 Å². The summed E-state index contributed by atoms with van der Waals surface area (Å²) in [6, 6.07) is 10.3. The van der Waals surface area contributed by atoms with E-state index in [1.807, 2.05) is 0 Å². The molecule has 2 amide bonds. The number of hydrogen-bond acceptors (Lipinski definition) is 6. The second-order valence-corrected chi connectivity index (χ2v) is 5.63. The Morgan fingerprint density at radius 1 is 1.12 bits per heavy atom. The van der Waals surface area contributed by atoms with E-state index in [2.05, 4.69) is 26.0 Å². The highest BCUT2D eigenvalue weighted by Crippen LogP contribution is 2.19. The molecule has 0 aliphatic heterocycles. The zero-order chi connectivity index (χ0) is 17.2. The van der Waals surface area contributed by atoms with Crippen LogP contribution in [-0.2, 0) is 0 Å². The standard InChI is InChI=1S/C16H14N6O3/c23-15(13-2-1-9-25-13)17-11-5-7-12(8-6-11)22-20-14(19-21-22)16(24)18-10-3-4-10/h1-2,5-10H,3-4H2,(H,17,23)(H,18,24). The predicted octanol–water partition coefficient (Wildman–Crippen LogP) is 1.40. The van der Waals surface area contributed by atoms with Crippen molar-refractivity contribution in [3.8, 4) is 5.69 Å². The second-order valence-electron chi connectivity index (χ2n) is 5.63. The average Bonchev–Trinajstić information content (AvgIpc) is 3.10. The van der Waals surface area contributed by atoms with Crippen molar-refractivity contribution in [2.24, 2.45) is 0 Å². The number of carbonyl (C=O) groups is 2. The number of amides is 2. The Kier molecular flexibility index (Phi) is 3.73. The number of furan rings is 1. The lowest BCUT2D eigenvalue weighted by Crippen LogP contribution is -2.26. The van der Waals surface area contributed by atoms with E-state index in [0.29, 0.717) is 11.4 Å². The predicted molar refractivity (Wildman–Crippen MR) is 86.3 cm³/mol. The van der Waals surface area contributed by atoms with E-state index in [1.165, 1.54) is 11.1 Å². The summed E-state index contributed by atoms with van der Waals surface area (Å²) in [5, 5.41) is 17.2. The third-order valence-electron chi connectivity index (χ3n) is 3.63. The second kappa shape index (κ2) is 6.19. The SMILES string of the molecule is O=C(NC1CC1)c1nnn(-c2ccc(NC(=O)c3ccco3)cc2)n1. The fourth-order valence-corrected chi connectivity index (χ4v) is 2.17. The Balaban J connectivity index is 1.44. The topological polar surface area (TPSA) is 115 Å². The Bertz CT molecular complexity index is 896. The molecule has 1 aliphatic carbocycles. The molecule has 0 saturated heterocycles. The van der Waals surface area contributed by atoms with Crippen molar-refractivity contribution >= 4 is 17.5 Å². The van der Waals surface area contributed by atoms with E-state index in [-0.39, 0.29) is 29.4 Å². The lowest BCUT2D eigenvalue weighted by molar-refractivity contribution is 0.0939. The summed E-state index contributed by atoms with van der Waals surface area (Å²) >= 11 is 0. The van der Waals surface area contributed by atoms with Crippen molar-refractivity contribution in [3.05, 3.63) is 54.2 Å². The molecule has 2 N–H and O–H groups in total. The van der Waals surface area contributed by atoms with Crippen LogP contribution in [0.25, 0.3) is 5.69 Å². The van der Waals surface area contributed by atoms with Crippen LogP contribution in [0, 0.1) is 0 Å². The van der Waals surface area contributed by atoms with Gasteiger partial charge in [-0.05, 0) is 54.5 Å². The van der Waals surface area contributed by atoms with E-state index in [4.69, 9.17) is 4.42 Å². The fourth-order valence-electron chi connectivity index (χ4n) is 2.17. The molecule has 0 radical (unpaired) electrons. The molecule has 3 aromatic rings. The normalized spacial score (nSPS) is 13.4. The highest BCUT2D eigenvalue weighted by molar-refractivity contribution is 6.02. The summed E-state index contributed by atoms with van der Waals surface area (Å²) in [6.45, 7) is 0. The van der Waals surface area contributed by atoms with Crippen molar-refractivity contribution in [2.45, 2.75) is 18.9 Å². The van der Waals surface area contributed by atoms with Crippen LogP contribution in [0.4, 0.5) is 5.69 Å². The van der Waals surface area contributed by atoms with Gasteiger partial charge in [-0.15, -0.1) is 15.0 Å². The van der Waals surface area contributed by atoms with Crippen molar-refractivity contribution in [2.75, 3.05) is 5.32 Å². The number of carbonyl (C=O) groups excluding carboxylic acids is 2. The minimum atomic E-state index is -0.337. The van der Waals surface area contributed by atoms with Crippen molar-refractivity contribution < 1.29 is 14.0 Å². The molecule has 0 bridgehead atoms. The Morgan fingerprint density at radius 2 is 1.92 bits per heavy atom. The molecule has 0 unspecified atom stereocenters. The number of nitrogens with one attached hydrogen (secondary N) is 2. The molecular formula is C16H14N6O3. The van der Waals surface area contributed by atoms with E-state index >= 15 is 0 Å². The highest BCUT2D eigenvalue weighted by atomic mass is 16.3. The lowest BCUT2D eigenvalue weighted by Gasteiger charge is -2.04. The molecule has 0 spiro atoms. The number of aromatic nitrogens is 4. The molecule has 1 aromatic carbocycles. The Labute approximate surface area is 142 Å². The van der Waals surface area contributed by atoms with Crippen LogP contribution in [0.15, 0.2) is 47.1 Å². The summed E-state index contributed by atoms with van der Waals surface area (Å²) in [6.07, 6.45) is 3.42. The zero-order valence-corrected chi connectivity index (χ0v) is 13.0. The van der Waals surface area contributed by atoms with Crippen molar-refractivity contribution in [1.82, 2.24) is 25.5 Å². The molecule has 9 heteroatoms. The van der Waals surface area contributed by atoms with Crippen LogP contribution in [-0.4, -0.2) is 38.1 Å². The van der Waals surface area contributed by atoms with Gasteiger partial charge in [0.1, 0.15) is 0 Å². The van der Waals surface area contributed by atoms with Crippen LogP contribution in [0.3, 0.4) is 0 Å². The highest BCUT2D eigenvalue weighted by Gasteiger charge is 2.25. The van der Waals surface area contributed by atoms with E-state index in [1.54, 1.807) is 36.4 Å². The molecule has 1 fully saturated rings. The maximum Gasteiger partial charge on any atom is 0.293 e. The third-order valence-corrected chi connectivity index (χ3v) is 3.63. The van der Waals surface area contributed by atoms with E-state index in [9.17, 15) is 9.59 Å². The lowest BCUT2D eigenvalue weighted by atomic mass is 10.3. The Hall–Kier alpha value is -3.49. The minimum Gasteiger partial charge on any atom is -0.459 e. The maximum atomic E-state index is 11.9. The van der Waals surface area contributed by atoms with Gasteiger partial charge in [0, 0.05) is 11.7 Å². The molecule has 2 heterocycles. The molecule has 126 valence electrons. The number of benzene rings is 1. The maximum absolute atomic E-state index is 11.9. The molecule has 0 atom stereocenters. The molecular weight excluding hydrogens is 324 g/mol. The van der Waals surface area contributed by atoms with Crippen LogP contribution < -0.4 is 10.6 Å². The molecule has 25 heavy (non-hydrogen) atoms. The van der Waals surface area contributed by atoms with Crippen LogP contribution in [0.1, 0.15) is 34.0 Å². The van der Waals surface area contributed by atoms with Gasteiger partial charge in [-0.2, -0.15) is 0 Å². The van der Waals surface area contributed by atoms with Gasteiger partial charge in [-0.25, -0.2) is 0 Å². The van der Waals surface area contributed by atoms with Crippen molar-refractivity contribution in [1.29, 1.82) is 0 Å². The first-order valence-electron chi connectivity index (χ1n) is 7.75. The molecule has 4 rings (SSSR count). The van der Waals surface area contributed by atoms with Crippen molar-refractivity contribution in [3.63, 3.8) is 0 Å². The molecule has 9 nitrogen and oxygen atoms in total. The summed E-state index contributed by atoms with van der Waals surface area (Å²) in [7, 11) is 0. The third kappa shape index (κ3) is 3.39. The van der Waals surface area contributed by atoms with Gasteiger partial charge < -0.3 is 15.1 Å². The van der Waals surface area contributed by atoms with Gasteiger partial charge in [0.2, 0.25) is 0 Å². The first-order chi connectivity index (χ1) is 12.2. The molecule has 1 aliphatic rings. The number of anilines is 1. The van der Waals surface area contributed by atoms with Gasteiger partial charge >= 0.3 is 0 Å². The first-order valence-corrected chi connectivity index (χ1v) is 7.75. The Morgan fingerprint density at radius 3 is 2.60 bits per heavy atom. The van der Waals surface area contributed by atoms with E-state index < -0.39 is 0 Å². The summed E-state index contributed by atoms with van der Waals surface area (Å²) in [4.78, 5) is 25.1. The smallest absolute Gasteiger partial charge is 0.293 e.